The summed E-state index contributed by atoms with van der Waals surface area (Å²) in [5, 5.41) is 7.11. The van der Waals surface area contributed by atoms with Gasteiger partial charge in [-0.3, -0.25) is 15.0 Å². The molecule has 0 spiro atoms. The molecule has 2 aromatic rings. The van der Waals surface area contributed by atoms with Crippen molar-refractivity contribution in [2.75, 3.05) is 5.32 Å². The second kappa shape index (κ2) is 7.65. The lowest BCUT2D eigenvalue weighted by atomic mass is 9.86. The molecule has 1 atom stereocenters. The Morgan fingerprint density at radius 3 is 2.57 bits per heavy atom. The molecular weight excluding hydrogens is 352 g/mol. The molecule has 0 aromatic heterocycles. The third-order valence-corrected chi connectivity index (χ3v) is 4.86. The van der Waals surface area contributed by atoms with E-state index in [9.17, 15) is 9.59 Å². The standard InChI is InChI=1S/C22H22N4O2/c1-14-11-16(5-10-19(14)23-4)12-21(28)22(3)13-20(25-26-22)17-6-8-18(9-7-17)24-15(2)27/h5-11,26H,12-13H2,1-3H3,(H,24,27). The number of benzene rings is 2. The second-order valence-electron chi connectivity index (χ2n) is 7.27. The minimum Gasteiger partial charge on any atom is -0.326 e. The Kier molecular flexibility index (Phi) is 5.27. The summed E-state index contributed by atoms with van der Waals surface area (Å²) in [6.07, 6.45) is 0.775. The van der Waals surface area contributed by atoms with E-state index in [1.54, 1.807) is 6.07 Å². The summed E-state index contributed by atoms with van der Waals surface area (Å²) >= 11 is 0. The van der Waals surface area contributed by atoms with Crippen LogP contribution in [0.5, 0.6) is 0 Å². The first-order valence-corrected chi connectivity index (χ1v) is 9.03. The van der Waals surface area contributed by atoms with Crippen LogP contribution < -0.4 is 10.7 Å². The van der Waals surface area contributed by atoms with Crippen LogP contribution in [0.15, 0.2) is 47.6 Å². The number of hydrogen-bond donors (Lipinski definition) is 2. The molecule has 2 N–H and O–H groups in total. The summed E-state index contributed by atoms with van der Waals surface area (Å²) in [5.41, 5.74) is 7.06. The Balaban J connectivity index is 1.68. The molecule has 0 aliphatic carbocycles. The van der Waals surface area contributed by atoms with Crippen molar-refractivity contribution in [1.29, 1.82) is 0 Å². The van der Waals surface area contributed by atoms with Gasteiger partial charge in [0.25, 0.3) is 0 Å². The Morgan fingerprint density at radius 2 is 1.96 bits per heavy atom. The SMILES string of the molecule is [C-]#[N+]c1ccc(CC(=O)C2(C)CC(c3ccc(NC(C)=O)cc3)=NN2)cc1C. The number of nitrogens with one attached hydrogen (secondary N) is 2. The molecule has 0 saturated heterocycles. The summed E-state index contributed by atoms with van der Waals surface area (Å²) in [5.74, 6) is -0.0680. The molecule has 1 unspecified atom stereocenters. The smallest absolute Gasteiger partial charge is 0.221 e. The maximum absolute atomic E-state index is 12.9. The van der Waals surface area contributed by atoms with E-state index in [-0.39, 0.29) is 18.1 Å². The van der Waals surface area contributed by atoms with Crippen LogP contribution >= 0.6 is 0 Å². The Hall–Kier alpha value is -3.46. The zero-order valence-corrected chi connectivity index (χ0v) is 16.2. The van der Waals surface area contributed by atoms with Crippen LogP contribution in [0.1, 0.15) is 37.0 Å². The summed E-state index contributed by atoms with van der Waals surface area (Å²) in [6.45, 7) is 12.3. The number of carbonyl (C=O) groups excluding carboxylic acids is 2. The number of nitrogens with zero attached hydrogens (tertiary/aromatic N) is 2. The highest BCUT2D eigenvalue weighted by Crippen LogP contribution is 2.26. The fourth-order valence-corrected chi connectivity index (χ4v) is 3.22. The largest absolute Gasteiger partial charge is 0.326 e. The van der Waals surface area contributed by atoms with Gasteiger partial charge >= 0.3 is 0 Å². The Labute approximate surface area is 164 Å². The van der Waals surface area contributed by atoms with E-state index in [4.69, 9.17) is 6.57 Å². The molecule has 0 radical (unpaired) electrons. The lowest BCUT2D eigenvalue weighted by Crippen LogP contribution is -2.45. The molecule has 28 heavy (non-hydrogen) atoms. The van der Waals surface area contributed by atoms with Gasteiger partial charge in [0.15, 0.2) is 11.5 Å². The normalized spacial score (nSPS) is 18.0. The highest BCUT2D eigenvalue weighted by molar-refractivity contribution is 6.07. The van der Waals surface area contributed by atoms with Gasteiger partial charge in [-0.05, 0) is 42.7 Å². The van der Waals surface area contributed by atoms with E-state index >= 15 is 0 Å². The van der Waals surface area contributed by atoms with Crippen LogP contribution in [0.2, 0.25) is 0 Å². The van der Waals surface area contributed by atoms with Crippen LogP contribution in [0.3, 0.4) is 0 Å². The lowest BCUT2D eigenvalue weighted by Gasteiger charge is -2.22. The van der Waals surface area contributed by atoms with Crippen molar-refractivity contribution in [3.8, 4) is 0 Å². The fourth-order valence-electron chi connectivity index (χ4n) is 3.22. The zero-order chi connectivity index (χ0) is 20.3. The first-order chi connectivity index (χ1) is 13.3. The lowest BCUT2D eigenvalue weighted by molar-refractivity contribution is -0.123. The van der Waals surface area contributed by atoms with E-state index in [1.807, 2.05) is 50.2 Å². The van der Waals surface area contributed by atoms with Crippen LogP contribution in [-0.2, 0) is 16.0 Å². The zero-order valence-electron chi connectivity index (χ0n) is 16.2. The van der Waals surface area contributed by atoms with E-state index in [0.29, 0.717) is 12.1 Å². The fraction of sp³-hybridized carbons (Fsp3) is 0.273. The van der Waals surface area contributed by atoms with Gasteiger partial charge < -0.3 is 5.32 Å². The third-order valence-electron chi connectivity index (χ3n) is 4.86. The van der Waals surface area contributed by atoms with E-state index < -0.39 is 5.54 Å². The average molecular weight is 374 g/mol. The molecule has 0 fully saturated rings. The van der Waals surface area contributed by atoms with E-state index in [0.717, 1.165) is 28.1 Å². The first-order valence-electron chi connectivity index (χ1n) is 9.03. The van der Waals surface area contributed by atoms with Gasteiger partial charge in [-0.2, -0.15) is 5.10 Å². The topological polar surface area (TPSA) is 74.9 Å². The third kappa shape index (κ3) is 4.09. The van der Waals surface area contributed by atoms with Crippen LogP contribution in [0.25, 0.3) is 4.85 Å². The highest BCUT2D eigenvalue weighted by Gasteiger charge is 2.38. The van der Waals surface area contributed by atoms with E-state index in [1.165, 1.54) is 6.92 Å². The molecule has 3 rings (SSSR count). The molecule has 0 saturated carbocycles. The minimum atomic E-state index is -0.766. The minimum absolute atomic E-state index is 0.0519. The summed E-state index contributed by atoms with van der Waals surface area (Å²) in [6, 6.07) is 12.9. The van der Waals surface area contributed by atoms with Crippen molar-refractivity contribution >= 4 is 28.8 Å². The molecule has 1 aliphatic rings. The van der Waals surface area contributed by atoms with Crippen molar-refractivity contribution in [2.45, 2.75) is 39.2 Å². The molecule has 2 aromatic carbocycles. The number of carbonyl (C=O) groups is 2. The highest BCUT2D eigenvalue weighted by atomic mass is 16.1. The maximum atomic E-state index is 12.9. The number of anilines is 1. The molecule has 142 valence electrons. The summed E-state index contributed by atoms with van der Waals surface area (Å²) in [4.78, 5) is 27.5. The van der Waals surface area contributed by atoms with Crippen LogP contribution in [0.4, 0.5) is 11.4 Å². The van der Waals surface area contributed by atoms with Crippen molar-refractivity contribution in [2.24, 2.45) is 5.10 Å². The van der Waals surface area contributed by atoms with Gasteiger partial charge in [-0.15, -0.1) is 0 Å². The Bertz CT molecular complexity index is 1000. The molecule has 6 nitrogen and oxygen atoms in total. The first kappa shape index (κ1) is 19.3. The van der Waals surface area contributed by atoms with Gasteiger partial charge in [0.2, 0.25) is 5.91 Å². The molecule has 1 amide bonds. The van der Waals surface area contributed by atoms with Gasteiger partial charge in [-0.25, -0.2) is 4.85 Å². The monoisotopic (exact) mass is 374 g/mol. The van der Waals surface area contributed by atoms with Gasteiger partial charge in [0.05, 0.1) is 12.3 Å². The van der Waals surface area contributed by atoms with Crippen molar-refractivity contribution in [3.05, 3.63) is 70.6 Å². The number of Topliss-reactive ketones (excluding diaryl/α,β-unsaturated/α-hetero) is 1. The number of hydrazone groups is 1. The average Bonchev–Trinajstić information content (AvgIpc) is 3.06. The molecule has 1 heterocycles. The maximum Gasteiger partial charge on any atom is 0.221 e. The number of hydrogen-bond acceptors (Lipinski definition) is 4. The Morgan fingerprint density at radius 1 is 1.25 bits per heavy atom. The molecule has 1 aliphatic heterocycles. The molecular formula is C22H22N4O2. The van der Waals surface area contributed by atoms with Gasteiger partial charge in [0, 0.05) is 25.5 Å². The number of rotatable bonds is 5. The second-order valence-corrected chi connectivity index (χ2v) is 7.27. The number of aryl methyl sites for hydroxylation is 1. The van der Waals surface area contributed by atoms with Gasteiger partial charge in [0.1, 0.15) is 5.54 Å². The van der Waals surface area contributed by atoms with Crippen LogP contribution in [0, 0.1) is 13.5 Å². The predicted octanol–water partition coefficient (Wildman–Crippen LogP) is 3.77. The predicted molar refractivity (Wildman–Crippen MR) is 110 cm³/mol. The van der Waals surface area contributed by atoms with Crippen molar-refractivity contribution < 1.29 is 9.59 Å². The van der Waals surface area contributed by atoms with Crippen molar-refractivity contribution in [3.63, 3.8) is 0 Å². The van der Waals surface area contributed by atoms with Crippen molar-refractivity contribution in [1.82, 2.24) is 5.43 Å². The molecule has 6 heteroatoms. The molecule has 0 bridgehead atoms. The number of ketones is 1. The summed E-state index contributed by atoms with van der Waals surface area (Å²) in [7, 11) is 0. The van der Waals surface area contributed by atoms with Gasteiger partial charge in [-0.1, -0.05) is 30.3 Å². The number of amides is 1. The van der Waals surface area contributed by atoms with E-state index in [2.05, 4.69) is 20.7 Å². The quantitative estimate of drug-likeness (QED) is 0.782. The van der Waals surface area contributed by atoms with Crippen LogP contribution in [-0.4, -0.2) is 22.9 Å². The summed E-state index contributed by atoms with van der Waals surface area (Å²) < 4.78 is 0.